The second-order valence-corrected chi connectivity index (χ2v) is 5.34. The summed E-state index contributed by atoms with van der Waals surface area (Å²) in [5, 5.41) is 0. The lowest BCUT2D eigenvalue weighted by Crippen LogP contribution is -2.19. The second-order valence-electron chi connectivity index (χ2n) is 5.34. The molecule has 1 radical (unpaired) electrons. The Morgan fingerprint density at radius 2 is 1.65 bits per heavy atom. The number of unbranched alkanes of at least 4 members (excludes halogenated alkanes) is 2. The molecule has 0 heterocycles. The van der Waals surface area contributed by atoms with Crippen LogP contribution < -0.4 is 0 Å². The van der Waals surface area contributed by atoms with Crippen molar-refractivity contribution < 1.29 is 19.1 Å². The maximum absolute atomic E-state index is 12.2. The van der Waals surface area contributed by atoms with Gasteiger partial charge in [-0.15, -0.1) is 0 Å². The van der Waals surface area contributed by atoms with Crippen LogP contribution in [0, 0.1) is 13.0 Å². The van der Waals surface area contributed by atoms with Crippen molar-refractivity contribution in [2.75, 3.05) is 13.2 Å². The average Bonchev–Trinajstić information content (AvgIpc) is 2.53. The van der Waals surface area contributed by atoms with Gasteiger partial charge in [0.1, 0.15) is 5.57 Å². The van der Waals surface area contributed by atoms with Gasteiger partial charge in [0, 0.05) is 0 Å². The van der Waals surface area contributed by atoms with Gasteiger partial charge < -0.3 is 9.47 Å². The molecular formula is C19H25O4. The lowest BCUT2D eigenvalue weighted by Gasteiger charge is -2.09. The third-order valence-electron chi connectivity index (χ3n) is 3.18. The molecule has 0 amide bonds. The Balaban J connectivity index is 2.90. The largest absolute Gasteiger partial charge is 0.462 e. The van der Waals surface area contributed by atoms with Crippen molar-refractivity contribution in [3.8, 4) is 0 Å². The lowest BCUT2D eigenvalue weighted by molar-refractivity contribution is -0.147. The standard InChI is InChI=1S/C19H25O4/c1-4-6-11-22-18(20)17(19(21)23-12-7-5-2)14-16-10-8-9-15(3)13-16/h8,10,13-14H,4-7,11-12H2,1-3H3. The first kappa shape index (κ1) is 18.9. The number of carbonyl (C=O) groups excluding carboxylic acids is 2. The van der Waals surface area contributed by atoms with Gasteiger partial charge in [0.05, 0.1) is 13.2 Å². The Labute approximate surface area is 138 Å². The summed E-state index contributed by atoms with van der Waals surface area (Å²) in [5.74, 6) is -1.27. The molecule has 0 unspecified atom stereocenters. The van der Waals surface area contributed by atoms with Gasteiger partial charge in [-0.3, -0.25) is 0 Å². The van der Waals surface area contributed by atoms with Crippen LogP contribution in [0.15, 0.2) is 23.8 Å². The van der Waals surface area contributed by atoms with Crippen molar-refractivity contribution in [2.45, 2.75) is 46.5 Å². The van der Waals surface area contributed by atoms with Crippen LogP contribution in [0.25, 0.3) is 6.08 Å². The molecule has 4 heteroatoms. The first-order chi connectivity index (χ1) is 11.1. The van der Waals surface area contributed by atoms with Crippen LogP contribution in [0.4, 0.5) is 0 Å². The number of rotatable bonds is 9. The van der Waals surface area contributed by atoms with E-state index in [1.807, 2.05) is 26.8 Å². The highest BCUT2D eigenvalue weighted by atomic mass is 16.6. The fourth-order valence-electron chi connectivity index (χ4n) is 1.84. The van der Waals surface area contributed by atoms with E-state index in [2.05, 4.69) is 6.07 Å². The Hall–Kier alpha value is -2.10. The van der Waals surface area contributed by atoms with E-state index in [1.54, 1.807) is 12.1 Å². The van der Waals surface area contributed by atoms with Crippen LogP contribution >= 0.6 is 0 Å². The minimum absolute atomic E-state index is 0.0668. The van der Waals surface area contributed by atoms with Crippen LogP contribution in [-0.2, 0) is 19.1 Å². The van der Waals surface area contributed by atoms with E-state index in [1.165, 1.54) is 6.08 Å². The van der Waals surface area contributed by atoms with Crippen molar-refractivity contribution in [3.63, 3.8) is 0 Å². The van der Waals surface area contributed by atoms with E-state index < -0.39 is 11.9 Å². The summed E-state index contributed by atoms with van der Waals surface area (Å²) < 4.78 is 10.3. The average molecular weight is 317 g/mol. The minimum Gasteiger partial charge on any atom is -0.462 e. The quantitative estimate of drug-likeness (QED) is 0.228. The van der Waals surface area contributed by atoms with Crippen molar-refractivity contribution in [3.05, 3.63) is 41.0 Å². The first-order valence-corrected chi connectivity index (χ1v) is 8.12. The summed E-state index contributed by atoms with van der Waals surface area (Å²) in [4.78, 5) is 24.4. The highest BCUT2D eigenvalue weighted by molar-refractivity contribution is 6.17. The summed E-state index contributed by atoms with van der Waals surface area (Å²) in [5.41, 5.74) is 1.61. The molecule has 0 bridgehead atoms. The number of carbonyl (C=O) groups is 2. The van der Waals surface area contributed by atoms with Gasteiger partial charge in [0.25, 0.3) is 0 Å². The molecule has 0 spiro atoms. The van der Waals surface area contributed by atoms with Crippen LogP contribution in [-0.4, -0.2) is 25.2 Å². The SMILES string of the molecule is CCCCOC(=O)C(=Cc1cc[c]c(C)c1)C(=O)OCCCC. The normalized spacial score (nSPS) is 10.0. The number of ether oxygens (including phenoxy) is 2. The zero-order valence-corrected chi connectivity index (χ0v) is 14.2. The van der Waals surface area contributed by atoms with Gasteiger partial charge in [0.2, 0.25) is 0 Å². The van der Waals surface area contributed by atoms with Crippen molar-refractivity contribution >= 4 is 18.0 Å². The van der Waals surface area contributed by atoms with Crippen molar-refractivity contribution in [1.82, 2.24) is 0 Å². The molecule has 0 atom stereocenters. The summed E-state index contributed by atoms with van der Waals surface area (Å²) in [6.07, 6.45) is 4.89. The number of esters is 2. The zero-order chi connectivity index (χ0) is 17.1. The molecule has 0 saturated carbocycles. The molecule has 4 nitrogen and oxygen atoms in total. The van der Waals surface area contributed by atoms with E-state index in [-0.39, 0.29) is 5.57 Å². The number of aryl methyl sites for hydroxylation is 1. The van der Waals surface area contributed by atoms with E-state index in [4.69, 9.17) is 9.47 Å². The highest BCUT2D eigenvalue weighted by Crippen LogP contribution is 2.12. The Morgan fingerprint density at radius 3 is 2.13 bits per heavy atom. The lowest BCUT2D eigenvalue weighted by atomic mass is 10.1. The minimum atomic E-state index is -0.634. The molecule has 1 aromatic rings. The van der Waals surface area contributed by atoms with Crippen molar-refractivity contribution in [2.24, 2.45) is 0 Å². The molecule has 0 aliphatic heterocycles. The zero-order valence-electron chi connectivity index (χ0n) is 14.2. The number of benzene rings is 1. The molecule has 0 saturated heterocycles. The van der Waals surface area contributed by atoms with Gasteiger partial charge in [-0.2, -0.15) is 0 Å². The second kappa shape index (κ2) is 10.6. The molecule has 0 fully saturated rings. The van der Waals surface area contributed by atoms with E-state index in [0.717, 1.165) is 36.8 Å². The smallest absolute Gasteiger partial charge is 0.345 e. The third-order valence-corrected chi connectivity index (χ3v) is 3.18. The van der Waals surface area contributed by atoms with Crippen LogP contribution in [0.5, 0.6) is 0 Å². The number of hydrogen-bond donors (Lipinski definition) is 0. The van der Waals surface area contributed by atoms with E-state index in [0.29, 0.717) is 13.2 Å². The summed E-state index contributed by atoms with van der Waals surface area (Å²) in [6.45, 7) is 6.52. The van der Waals surface area contributed by atoms with Gasteiger partial charge >= 0.3 is 11.9 Å². The molecule has 125 valence electrons. The highest BCUT2D eigenvalue weighted by Gasteiger charge is 2.21. The fraction of sp³-hybridized carbons (Fsp3) is 0.474. The third kappa shape index (κ3) is 7.13. The predicted molar refractivity (Wildman–Crippen MR) is 89.7 cm³/mol. The topological polar surface area (TPSA) is 52.6 Å². The van der Waals surface area contributed by atoms with Crippen LogP contribution in [0.1, 0.15) is 50.7 Å². The first-order valence-electron chi connectivity index (χ1n) is 8.12. The molecule has 1 rings (SSSR count). The van der Waals surface area contributed by atoms with Crippen molar-refractivity contribution in [1.29, 1.82) is 0 Å². The molecule has 1 aromatic carbocycles. The summed E-state index contributed by atoms with van der Waals surface area (Å²) in [6, 6.07) is 8.41. The van der Waals surface area contributed by atoms with Gasteiger partial charge in [-0.25, -0.2) is 9.59 Å². The molecular weight excluding hydrogens is 292 g/mol. The van der Waals surface area contributed by atoms with Crippen LogP contribution in [0.3, 0.4) is 0 Å². The van der Waals surface area contributed by atoms with E-state index in [9.17, 15) is 9.59 Å². The number of hydrogen-bond acceptors (Lipinski definition) is 4. The summed E-state index contributed by atoms with van der Waals surface area (Å²) in [7, 11) is 0. The van der Waals surface area contributed by atoms with E-state index >= 15 is 0 Å². The van der Waals surface area contributed by atoms with Gasteiger partial charge in [-0.1, -0.05) is 44.9 Å². The molecule has 23 heavy (non-hydrogen) atoms. The molecule has 0 aliphatic rings. The van der Waals surface area contributed by atoms with Crippen LogP contribution in [0.2, 0.25) is 0 Å². The predicted octanol–water partition coefficient (Wildman–Crippen LogP) is 3.87. The Morgan fingerprint density at radius 1 is 1.09 bits per heavy atom. The van der Waals surface area contributed by atoms with Gasteiger partial charge in [0.15, 0.2) is 0 Å². The Kier molecular flexibility index (Phi) is 8.73. The molecule has 0 N–H and O–H groups in total. The Bertz CT molecular complexity index is 522. The summed E-state index contributed by atoms with van der Waals surface area (Å²) >= 11 is 0. The maximum Gasteiger partial charge on any atom is 0.345 e. The molecule has 0 aliphatic carbocycles. The molecule has 0 aromatic heterocycles. The maximum atomic E-state index is 12.2. The van der Waals surface area contributed by atoms with Gasteiger partial charge in [-0.05, 0) is 43.0 Å². The monoisotopic (exact) mass is 317 g/mol. The fourth-order valence-corrected chi connectivity index (χ4v) is 1.84.